The zero-order valence-corrected chi connectivity index (χ0v) is 20.6. The first-order valence-corrected chi connectivity index (χ1v) is 12.6. The van der Waals surface area contributed by atoms with Crippen molar-refractivity contribution in [1.29, 1.82) is 0 Å². The Kier molecular flexibility index (Phi) is 7.48. The number of pyridine rings is 1. The monoisotopic (exact) mass is 491 g/mol. The first-order valence-electron chi connectivity index (χ1n) is 12.6. The highest BCUT2D eigenvalue weighted by Gasteiger charge is 2.21. The Morgan fingerprint density at radius 1 is 1.25 bits per heavy atom. The van der Waals surface area contributed by atoms with Crippen LogP contribution in [0.25, 0.3) is 0 Å². The molecular weight excluding hydrogens is 458 g/mol. The standard InChI is InChI=1S/C27H33N5O4/c1-18-26(36-17-30-18)16-35-24-6-5-20-14-32(10-8-19(20)11-24)15-23(33)13-29-27(34)25-12-22(7-9-28-25)31-21-3-2-4-21/h5-7,9,11-12,17,21,23,33H,2-4,8,10,13-16H2,1H3,(H,28,31)(H,29,34). The molecule has 9 nitrogen and oxygen atoms in total. The van der Waals surface area contributed by atoms with Gasteiger partial charge in [-0.2, -0.15) is 0 Å². The Labute approximate surface area is 210 Å². The van der Waals surface area contributed by atoms with Crippen molar-refractivity contribution in [2.75, 3.05) is 25.0 Å². The van der Waals surface area contributed by atoms with Crippen LogP contribution in [-0.4, -0.2) is 57.7 Å². The second kappa shape index (κ2) is 11.1. The number of aromatic nitrogens is 2. The number of nitrogens with zero attached hydrogens (tertiary/aromatic N) is 3. The topological polar surface area (TPSA) is 113 Å². The zero-order chi connectivity index (χ0) is 24.9. The molecule has 3 N–H and O–H groups in total. The predicted octanol–water partition coefficient (Wildman–Crippen LogP) is 3.07. The van der Waals surface area contributed by atoms with Crippen LogP contribution in [0, 0.1) is 6.92 Å². The minimum atomic E-state index is -0.667. The van der Waals surface area contributed by atoms with Gasteiger partial charge in [0.1, 0.15) is 18.1 Å². The molecule has 9 heteroatoms. The molecule has 0 saturated heterocycles. The number of rotatable bonds is 10. The van der Waals surface area contributed by atoms with E-state index in [-0.39, 0.29) is 12.5 Å². The Morgan fingerprint density at radius 3 is 2.92 bits per heavy atom. The van der Waals surface area contributed by atoms with Gasteiger partial charge in [-0.1, -0.05) is 6.07 Å². The maximum Gasteiger partial charge on any atom is 0.270 e. The van der Waals surface area contributed by atoms with E-state index < -0.39 is 6.10 Å². The van der Waals surface area contributed by atoms with Gasteiger partial charge < -0.3 is 24.9 Å². The van der Waals surface area contributed by atoms with Crippen LogP contribution in [0.15, 0.2) is 47.3 Å². The average Bonchev–Trinajstić information content (AvgIpc) is 3.28. The van der Waals surface area contributed by atoms with Crippen molar-refractivity contribution in [1.82, 2.24) is 20.2 Å². The second-order valence-electron chi connectivity index (χ2n) is 9.63. The van der Waals surface area contributed by atoms with Crippen LogP contribution in [0.3, 0.4) is 0 Å². The van der Waals surface area contributed by atoms with Crippen LogP contribution in [0.5, 0.6) is 5.75 Å². The quantitative estimate of drug-likeness (QED) is 0.397. The lowest BCUT2D eigenvalue weighted by molar-refractivity contribution is 0.0838. The summed E-state index contributed by atoms with van der Waals surface area (Å²) in [5, 5.41) is 16.8. The Hall–Kier alpha value is -3.43. The smallest absolute Gasteiger partial charge is 0.270 e. The molecule has 1 fully saturated rings. The molecule has 0 spiro atoms. The van der Waals surface area contributed by atoms with E-state index in [0.717, 1.165) is 55.2 Å². The van der Waals surface area contributed by atoms with E-state index in [1.54, 1.807) is 12.3 Å². The van der Waals surface area contributed by atoms with E-state index in [2.05, 4.69) is 37.6 Å². The number of aliphatic hydroxyl groups is 1. The number of benzene rings is 1. The highest BCUT2D eigenvalue weighted by atomic mass is 16.5. The van der Waals surface area contributed by atoms with Gasteiger partial charge in [0.15, 0.2) is 12.2 Å². The van der Waals surface area contributed by atoms with Crippen LogP contribution in [0.2, 0.25) is 0 Å². The molecule has 1 atom stereocenters. The molecule has 3 heterocycles. The molecule has 0 radical (unpaired) electrons. The summed E-state index contributed by atoms with van der Waals surface area (Å²) in [4.78, 5) is 23.0. The van der Waals surface area contributed by atoms with Crippen LogP contribution < -0.4 is 15.4 Å². The number of amides is 1. The van der Waals surface area contributed by atoms with Crippen molar-refractivity contribution in [2.24, 2.45) is 0 Å². The molecule has 2 aliphatic rings. The van der Waals surface area contributed by atoms with Crippen molar-refractivity contribution in [3.63, 3.8) is 0 Å². The molecule has 1 aliphatic carbocycles. The summed E-state index contributed by atoms with van der Waals surface area (Å²) in [6, 6.07) is 10.3. The lowest BCUT2D eigenvalue weighted by Gasteiger charge is -2.30. The summed E-state index contributed by atoms with van der Waals surface area (Å²) >= 11 is 0. The Bertz CT molecular complexity index is 1190. The fourth-order valence-electron chi connectivity index (χ4n) is 4.54. The van der Waals surface area contributed by atoms with E-state index in [1.807, 2.05) is 19.1 Å². The molecule has 190 valence electrons. The van der Waals surface area contributed by atoms with Gasteiger partial charge in [0.25, 0.3) is 5.91 Å². The Morgan fingerprint density at radius 2 is 2.14 bits per heavy atom. The van der Waals surface area contributed by atoms with E-state index >= 15 is 0 Å². The molecule has 3 aromatic rings. The zero-order valence-electron chi connectivity index (χ0n) is 20.6. The number of β-amino-alcohol motifs (C(OH)–C–C–N with tert-alkyl or cyclic N) is 1. The number of carbonyl (C=O) groups excluding carboxylic acids is 1. The number of carbonyl (C=O) groups is 1. The van der Waals surface area contributed by atoms with Crippen LogP contribution >= 0.6 is 0 Å². The molecule has 1 saturated carbocycles. The van der Waals surface area contributed by atoms with Gasteiger partial charge in [0.2, 0.25) is 0 Å². The van der Waals surface area contributed by atoms with E-state index in [1.165, 1.54) is 23.9 Å². The largest absolute Gasteiger partial charge is 0.486 e. The fraction of sp³-hybridized carbons (Fsp3) is 0.444. The number of hydrogen-bond donors (Lipinski definition) is 3. The highest BCUT2D eigenvalue weighted by molar-refractivity contribution is 5.93. The van der Waals surface area contributed by atoms with Crippen molar-refractivity contribution in [3.8, 4) is 5.75 Å². The van der Waals surface area contributed by atoms with Crippen molar-refractivity contribution < 1.29 is 19.1 Å². The second-order valence-corrected chi connectivity index (χ2v) is 9.63. The van der Waals surface area contributed by atoms with Crippen LogP contribution in [0.4, 0.5) is 5.69 Å². The van der Waals surface area contributed by atoms with Gasteiger partial charge in [-0.15, -0.1) is 0 Å². The fourth-order valence-corrected chi connectivity index (χ4v) is 4.54. The third-order valence-corrected chi connectivity index (χ3v) is 6.92. The van der Waals surface area contributed by atoms with Crippen LogP contribution in [0.1, 0.15) is 52.3 Å². The highest BCUT2D eigenvalue weighted by Crippen LogP contribution is 2.25. The summed E-state index contributed by atoms with van der Waals surface area (Å²) in [6.45, 7) is 4.49. The molecule has 2 aromatic heterocycles. The summed E-state index contributed by atoms with van der Waals surface area (Å²) in [7, 11) is 0. The van der Waals surface area contributed by atoms with Gasteiger partial charge >= 0.3 is 0 Å². The molecule has 1 unspecified atom stereocenters. The number of anilines is 1. The lowest BCUT2D eigenvalue weighted by atomic mass is 9.93. The van der Waals surface area contributed by atoms with Gasteiger partial charge in [0.05, 0.1) is 11.8 Å². The molecular formula is C27H33N5O4. The number of oxazole rings is 1. The van der Waals surface area contributed by atoms with Gasteiger partial charge in [0, 0.05) is 44.1 Å². The van der Waals surface area contributed by atoms with Crippen molar-refractivity contribution in [3.05, 3.63) is 71.2 Å². The minimum absolute atomic E-state index is 0.179. The predicted molar refractivity (Wildman–Crippen MR) is 135 cm³/mol. The first kappa shape index (κ1) is 24.3. The molecule has 1 aliphatic heterocycles. The molecule has 0 bridgehead atoms. The van der Waals surface area contributed by atoms with Gasteiger partial charge in [-0.05, 0) is 68.0 Å². The first-order chi connectivity index (χ1) is 17.5. The normalized spacial score (nSPS) is 16.6. The molecule has 1 amide bonds. The van der Waals surface area contributed by atoms with E-state index in [4.69, 9.17) is 9.15 Å². The van der Waals surface area contributed by atoms with E-state index in [9.17, 15) is 9.90 Å². The Balaban J connectivity index is 1.07. The molecule has 36 heavy (non-hydrogen) atoms. The molecule has 1 aromatic carbocycles. The van der Waals surface area contributed by atoms with Crippen molar-refractivity contribution >= 4 is 11.6 Å². The third-order valence-electron chi connectivity index (χ3n) is 6.92. The SMILES string of the molecule is Cc1ncoc1COc1ccc2c(c1)CCN(CC(O)CNC(=O)c1cc(NC3CCC3)ccn1)C2. The maximum absolute atomic E-state index is 12.6. The summed E-state index contributed by atoms with van der Waals surface area (Å²) in [5.74, 6) is 1.26. The maximum atomic E-state index is 12.6. The van der Waals surface area contributed by atoms with Gasteiger partial charge in [-0.3, -0.25) is 14.7 Å². The number of ether oxygens (including phenoxy) is 1. The summed E-state index contributed by atoms with van der Waals surface area (Å²) in [5.41, 5.74) is 4.58. The van der Waals surface area contributed by atoms with Crippen LogP contribution in [-0.2, 0) is 19.6 Å². The average molecular weight is 492 g/mol. The minimum Gasteiger partial charge on any atom is -0.486 e. The number of nitrogens with one attached hydrogen (secondary N) is 2. The summed E-state index contributed by atoms with van der Waals surface area (Å²) in [6.07, 6.45) is 6.85. The number of hydrogen-bond acceptors (Lipinski definition) is 8. The van der Waals surface area contributed by atoms with Gasteiger partial charge in [-0.25, -0.2) is 4.98 Å². The third kappa shape index (κ3) is 6.03. The summed E-state index contributed by atoms with van der Waals surface area (Å²) < 4.78 is 11.2. The molecule has 5 rings (SSSR count). The number of aliphatic hydroxyl groups excluding tert-OH is 1. The van der Waals surface area contributed by atoms with Crippen molar-refractivity contribution in [2.45, 2.75) is 57.9 Å². The lowest BCUT2D eigenvalue weighted by Crippen LogP contribution is -2.42. The number of fused-ring (bicyclic) bond motifs is 1. The van der Waals surface area contributed by atoms with E-state index in [0.29, 0.717) is 24.9 Å². The number of aryl methyl sites for hydroxylation is 1.